The van der Waals surface area contributed by atoms with E-state index in [9.17, 15) is 0 Å². The van der Waals surface area contributed by atoms with Gasteiger partial charge in [-0.05, 0) is 12.0 Å². The van der Waals surface area contributed by atoms with Crippen molar-refractivity contribution in [2.75, 3.05) is 5.32 Å². The summed E-state index contributed by atoms with van der Waals surface area (Å²) in [6, 6.07) is 10.7. The molecule has 3 aromatic rings. The quantitative estimate of drug-likeness (QED) is 0.772. The van der Waals surface area contributed by atoms with Gasteiger partial charge in [0.1, 0.15) is 11.6 Å². The van der Waals surface area contributed by atoms with E-state index in [4.69, 9.17) is 4.98 Å². The van der Waals surface area contributed by atoms with Crippen LogP contribution in [0.5, 0.6) is 0 Å². The van der Waals surface area contributed by atoms with Gasteiger partial charge in [0.05, 0.1) is 17.6 Å². The largest absolute Gasteiger partial charge is 0.363 e. The minimum Gasteiger partial charge on any atom is -0.363 e. The molecule has 0 radical (unpaired) electrons. The smallest absolute Gasteiger partial charge is 0.163 e. The summed E-state index contributed by atoms with van der Waals surface area (Å²) in [4.78, 5) is 9.40. The molecule has 5 nitrogen and oxygen atoms in total. The predicted octanol–water partition coefficient (Wildman–Crippen LogP) is 4.05. The van der Waals surface area contributed by atoms with Gasteiger partial charge in [-0.25, -0.2) is 9.97 Å². The van der Waals surface area contributed by atoms with Gasteiger partial charge in [0.25, 0.3) is 0 Å². The summed E-state index contributed by atoms with van der Waals surface area (Å²) in [5.41, 5.74) is 2.13. The van der Waals surface area contributed by atoms with E-state index in [0.717, 1.165) is 29.1 Å². The molecule has 0 fully saturated rings. The van der Waals surface area contributed by atoms with Gasteiger partial charge in [-0.3, -0.25) is 4.68 Å². The summed E-state index contributed by atoms with van der Waals surface area (Å²) < 4.78 is 1.80. The minimum atomic E-state index is 0.217. The second-order valence-corrected chi connectivity index (χ2v) is 6.11. The van der Waals surface area contributed by atoms with Crippen molar-refractivity contribution in [2.45, 2.75) is 39.2 Å². The van der Waals surface area contributed by atoms with E-state index in [1.54, 1.807) is 4.68 Å². The zero-order valence-electron chi connectivity index (χ0n) is 14.1. The average molecular weight is 309 g/mol. The lowest BCUT2D eigenvalue weighted by Gasteiger charge is -2.19. The topological polar surface area (TPSA) is 55.6 Å². The number of benzene rings is 1. The molecule has 0 aliphatic rings. The molecule has 0 saturated carbocycles. The van der Waals surface area contributed by atoms with Crippen LogP contribution in [0.3, 0.4) is 0 Å². The van der Waals surface area contributed by atoms with Crippen LogP contribution < -0.4 is 5.32 Å². The molecule has 0 bridgehead atoms. The van der Waals surface area contributed by atoms with Crippen LogP contribution in [0.15, 0.2) is 36.5 Å². The molecule has 5 heteroatoms. The number of rotatable bonds is 5. The zero-order chi connectivity index (χ0) is 16.4. The first kappa shape index (κ1) is 15.5. The Morgan fingerprint density at radius 2 is 1.87 bits per heavy atom. The Balaban J connectivity index is 2.04. The van der Waals surface area contributed by atoms with Gasteiger partial charge in [-0.2, -0.15) is 5.10 Å². The van der Waals surface area contributed by atoms with Crippen LogP contribution >= 0.6 is 0 Å². The van der Waals surface area contributed by atoms with Crippen LogP contribution in [0.2, 0.25) is 0 Å². The summed E-state index contributed by atoms with van der Waals surface area (Å²) in [5, 5.41) is 8.89. The molecule has 0 aliphatic heterocycles. The van der Waals surface area contributed by atoms with Crippen molar-refractivity contribution < 1.29 is 0 Å². The maximum Gasteiger partial charge on any atom is 0.163 e. The molecule has 120 valence electrons. The van der Waals surface area contributed by atoms with E-state index in [1.807, 2.05) is 19.3 Å². The van der Waals surface area contributed by atoms with Crippen LogP contribution in [0.25, 0.3) is 11.0 Å². The van der Waals surface area contributed by atoms with Gasteiger partial charge < -0.3 is 5.32 Å². The number of nitrogens with zero attached hydrogens (tertiary/aromatic N) is 4. The Morgan fingerprint density at radius 3 is 2.52 bits per heavy atom. The molecule has 0 unspecified atom stereocenters. The molecule has 1 N–H and O–H groups in total. The Morgan fingerprint density at radius 1 is 1.13 bits per heavy atom. The monoisotopic (exact) mass is 309 g/mol. The molecule has 1 atom stereocenters. The molecular formula is C18H23N5. The minimum absolute atomic E-state index is 0.217. The maximum absolute atomic E-state index is 4.75. The summed E-state index contributed by atoms with van der Waals surface area (Å²) in [5.74, 6) is 1.97. The van der Waals surface area contributed by atoms with Crippen molar-refractivity contribution >= 4 is 16.9 Å². The second kappa shape index (κ2) is 6.36. The number of anilines is 1. The summed E-state index contributed by atoms with van der Waals surface area (Å²) in [6.07, 6.45) is 2.81. The summed E-state index contributed by atoms with van der Waals surface area (Å²) in [7, 11) is 1.91. The first-order valence-corrected chi connectivity index (χ1v) is 8.11. The lowest BCUT2D eigenvalue weighted by Crippen LogP contribution is -2.13. The fraction of sp³-hybridized carbons (Fsp3) is 0.389. The van der Waals surface area contributed by atoms with Gasteiger partial charge >= 0.3 is 0 Å². The Bertz CT molecular complexity index is 792. The first-order chi connectivity index (χ1) is 11.1. The van der Waals surface area contributed by atoms with E-state index in [-0.39, 0.29) is 12.0 Å². The number of hydrogen-bond acceptors (Lipinski definition) is 4. The van der Waals surface area contributed by atoms with Crippen molar-refractivity contribution in [3.8, 4) is 0 Å². The fourth-order valence-corrected chi connectivity index (χ4v) is 2.68. The number of aryl methyl sites for hydroxylation is 1. The molecule has 2 aromatic heterocycles. The van der Waals surface area contributed by atoms with Gasteiger partial charge in [0, 0.05) is 13.0 Å². The Labute approximate surface area is 136 Å². The number of nitrogens with one attached hydrogen (secondary N) is 1. The second-order valence-electron chi connectivity index (χ2n) is 6.11. The van der Waals surface area contributed by atoms with Crippen molar-refractivity contribution in [1.29, 1.82) is 0 Å². The molecule has 23 heavy (non-hydrogen) atoms. The summed E-state index contributed by atoms with van der Waals surface area (Å²) in [6.45, 7) is 6.39. The predicted molar refractivity (Wildman–Crippen MR) is 93.5 cm³/mol. The van der Waals surface area contributed by atoms with E-state index in [1.165, 1.54) is 5.56 Å². The van der Waals surface area contributed by atoms with Crippen LogP contribution in [0.1, 0.15) is 50.5 Å². The first-order valence-electron chi connectivity index (χ1n) is 8.11. The third kappa shape index (κ3) is 3.04. The van der Waals surface area contributed by atoms with Crippen LogP contribution in [0, 0.1) is 0 Å². The van der Waals surface area contributed by atoms with E-state index >= 15 is 0 Å². The normalized spacial score (nSPS) is 12.7. The maximum atomic E-state index is 4.75. The molecule has 0 aliphatic carbocycles. The van der Waals surface area contributed by atoms with Gasteiger partial charge in [-0.15, -0.1) is 0 Å². The lowest BCUT2D eigenvalue weighted by atomic mass is 10.0. The third-order valence-corrected chi connectivity index (χ3v) is 4.05. The average Bonchev–Trinajstić information content (AvgIpc) is 2.94. The molecule has 0 amide bonds. The molecular weight excluding hydrogens is 286 g/mol. The molecule has 0 saturated heterocycles. The van der Waals surface area contributed by atoms with Crippen LogP contribution in [-0.2, 0) is 7.05 Å². The standard InChI is InChI=1S/C18H23N5/c1-5-15(13-9-7-6-8-10-13)20-17-14-11-19-23(4)18(14)22-16(21-17)12(2)3/h6-12,15H,5H2,1-4H3,(H,20,21,22)/t15-/m0/s1. The number of fused-ring (bicyclic) bond motifs is 1. The van der Waals surface area contributed by atoms with Gasteiger partial charge in [-0.1, -0.05) is 51.1 Å². The highest BCUT2D eigenvalue weighted by Crippen LogP contribution is 2.27. The van der Waals surface area contributed by atoms with Crippen molar-refractivity contribution in [2.24, 2.45) is 7.05 Å². The van der Waals surface area contributed by atoms with Crippen molar-refractivity contribution in [1.82, 2.24) is 19.7 Å². The van der Waals surface area contributed by atoms with Gasteiger partial charge in [0.2, 0.25) is 0 Å². The molecule has 3 rings (SSSR count). The van der Waals surface area contributed by atoms with E-state index < -0.39 is 0 Å². The Hall–Kier alpha value is -2.43. The highest BCUT2D eigenvalue weighted by Gasteiger charge is 2.16. The van der Waals surface area contributed by atoms with E-state index in [0.29, 0.717) is 0 Å². The number of hydrogen-bond donors (Lipinski definition) is 1. The highest BCUT2D eigenvalue weighted by molar-refractivity contribution is 5.86. The Kier molecular flexibility index (Phi) is 4.28. The highest BCUT2D eigenvalue weighted by atomic mass is 15.3. The van der Waals surface area contributed by atoms with Crippen LogP contribution in [0.4, 0.5) is 5.82 Å². The lowest BCUT2D eigenvalue weighted by molar-refractivity contribution is 0.730. The molecule has 2 heterocycles. The molecule has 1 aromatic carbocycles. The molecule has 0 spiro atoms. The number of aromatic nitrogens is 4. The van der Waals surface area contributed by atoms with E-state index in [2.05, 4.69) is 60.4 Å². The van der Waals surface area contributed by atoms with Gasteiger partial charge in [0.15, 0.2) is 5.65 Å². The zero-order valence-corrected chi connectivity index (χ0v) is 14.1. The third-order valence-electron chi connectivity index (χ3n) is 4.05. The van der Waals surface area contributed by atoms with Crippen LogP contribution in [-0.4, -0.2) is 19.7 Å². The van der Waals surface area contributed by atoms with Crippen molar-refractivity contribution in [3.05, 3.63) is 47.9 Å². The fourth-order valence-electron chi connectivity index (χ4n) is 2.68. The summed E-state index contributed by atoms with van der Waals surface area (Å²) >= 11 is 0. The SMILES string of the molecule is CC[C@H](Nc1nc(C(C)C)nc2c1cnn2C)c1ccccc1. The van der Waals surface area contributed by atoms with Crippen molar-refractivity contribution in [3.63, 3.8) is 0 Å².